The second-order valence-electron chi connectivity index (χ2n) is 3.96. The summed E-state index contributed by atoms with van der Waals surface area (Å²) in [5, 5.41) is 4.66. The maximum absolute atomic E-state index is 12.6. The molecule has 112 valence electrons. The summed E-state index contributed by atoms with van der Waals surface area (Å²) in [6, 6.07) is 2.08. The van der Waals surface area contributed by atoms with Crippen LogP contribution in [0.15, 0.2) is 18.3 Å². The molecule has 0 aliphatic carbocycles. The normalized spacial score (nSPS) is 11.5. The van der Waals surface area contributed by atoms with Gasteiger partial charge in [-0.15, -0.1) is 0 Å². The van der Waals surface area contributed by atoms with E-state index in [1.54, 1.807) is 0 Å². The molecule has 2 rings (SSSR count). The van der Waals surface area contributed by atoms with E-state index in [0.717, 1.165) is 23.0 Å². The molecule has 0 fully saturated rings. The third kappa shape index (κ3) is 3.13. The smallest absolute Gasteiger partial charge is 0.305 e. The highest BCUT2D eigenvalue weighted by molar-refractivity contribution is 6.34. The highest BCUT2D eigenvalue weighted by atomic mass is 35.5. The third-order valence-corrected chi connectivity index (χ3v) is 2.84. The lowest BCUT2D eigenvalue weighted by Gasteiger charge is -2.06. The Bertz CT molecular complexity index is 681. The van der Waals surface area contributed by atoms with Gasteiger partial charge in [0.25, 0.3) is 5.91 Å². The Hall–Kier alpha value is -2.16. The Balaban J connectivity index is 2.30. The number of hydrogen-bond donors (Lipinski definition) is 1. The van der Waals surface area contributed by atoms with Crippen LogP contribution in [0.4, 0.5) is 23.4 Å². The Morgan fingerprint density at radius 3 is 2.52 bits per heavy atom. The number of carbonyl (C=O) groups excluding carboxylic acids is 1. The van der Waals surface area contributed by atoms with Gasteiger partial charge in [0.2, 0.25) is 5.95 Å². The van der Waals surface area contributed by atoms with Crippen molar-refractivity contribution in [2.24, 2.45) is 7.05 Å². The number of alkyl halides is 3. The van der Waals surface area contributed by atoms with E-state index in [4.69, 9.17) is 11.6 Å². The van der Waals surface area contributed by atoms with Crippen molar-refractivity contribution >= 4 is 23.3 Å². The zero-order valence-electron chi connectivity index (χ0n) is 10.4. The maximum atomic E-state index is 12.6. The average molecular weight is 323 g/mol. The zero-order chi connectivity index (χ0) is 15.8. The third-order valence-electron chi connectivity index (χ3n) is 2.48. The number of nitrogens with zero attached hydrogens (tertiary/aromatic N) is 3. The van der Waals surface area contributed by atoms with Crippen molar-refractivity contribution in [3.8, 4) is 0 Å². The van der Waals surface area contributed by atoms with Gasteiger partial charge >= 0.3 is 6.18 Å². The van der Waals surface area contributed by atoms with E-state index in [9.17, 15) is 22.4 Å². The summed E-state index contributed by atoms with van der Waals surface area (Å²) in [5.41, 5.74) is -1.35. The number of carbonyl (C=O) groups is 1. The fraction of sp³-hybridized carbons (Fsp3) is 0.182. The molecule has 0 saturated heterocycles. The second-order valence-corrected chi connectivity index (χ2v) is 4.33. The summed E-state index contributed by atoms with van der Waals surface area (Å²) in [6.07, 6.45) is -3.80. The number of amides is 1. The first-order valence-corrected chi connectivity index (χ1v) is 5.80. The predicted molar refractivity (Wildman–Crippen MR) is 65.4 cm³/mol. The number of rotatable bonds is 2. The van der Waals surface area contributed by atoms with Gasteiger partial charge in [-0.25, -0.2) is 4.98 Å². The average Bonchev–Trinajstić information content (AvgIpc) is 2.67. The SMILES string of the molecule is Cn1nc(C(F)(F)F)c(Cl)c1NC(=O)c1ccc(F)nc1. The molecule has 0 bridgehead atoms. The number of halogens is 5. The summed E-state index contributed by atoms with van der Waals surface area (Å²) in [4.78, 5) is 15.1. The molecule has 0 aromatic carbocycles. The number of aryl methyl sites for hydroxylation is 1. The van der Waals surface area contributed by atoms with Crippen LogP contribution in [0, 0.1) is 5.95 Å². The van der Waals surface area contributed by atoms with Crippen LogP contribution in [0.1, 0.15) is 16.1 Å². The van der Waals surface area contributed by atoms with Gasteiger partial charge in [-0.2, -0.15) is 22.7 Å². The van der Waals surface area contributed by atoms with E-state index >= 15 is 0 Å². The number of hydrogen-bond acceptors (Lipinski definition) is 3. The van der Waals surface area contributed by atoms with Crippen molar-refractivity contribution in [1.82, 2.24) is 14.8 Å². The summed E-state index contributed by atoms with van der Waals surface area (Å²) in [6.45, 7) is 0. The molecule has 1 N–H and O–H groups in total. The molecule has 0 atom stereocenters. The van der Waals surface area contributed by atoms with Crippen molar-refractivity contribution in [3.05, 3.63) is 40.6 Å². The molecule has 0 aliphatic rings. The van der Waals surface area contributed by atoms with Crippen LogP contribution in [-0.2, 0) is 13.2 Å². The van der Waals surface area contributed by atoms with Crippen LogP contribution in [0.2, 0.25) is 5.02 Å². The van der Waals surface area contributed by atoms with Crippen molar-refractivity contribution in [1.29, 1.82) is 0 Å². The molecular weight excluding hydrogens is 316 g/mol. The largest absolute Gasteiger partial charge is 0.436 e. The van der Waals surface area contributed by atoms with Crippen LogP contribution in [0.5, 0.6) is 0 Å². The minimum absolute atomic E-state index is 0.0396. The van der Waals surface area contributed by atoms with Gasteiger partial charge in [-0.05, 0) is 12.1 Å². The molecule has 0 radical (unpaired) electrons. The van der Waals surface area contributed by atoms with Crippen molar-refractivity contribution in [2.75, 3.05) is 5.32 Å². The van der Waals surface area contributed by atoms with Gasteiger partial charge in [-0.1, -0.05) is 11.6 Å². The van der Waals surface area contributed by atoms with Crippen molar-refractivity contribution in [2.45, 2.75) is 6.18 Å². The monoisotopic (exact) mass is 322 g/mol. The van der Waals surface area contributed by atoms with Crippen LogP contribution < -0.4 is 5.32 Å². The molecular formula is C11H7ClF4N4O. The molecule has 21 heavy (non-hydrogen) atoms. The molecule has 2 aromatic heterocycles. The Morgan fingerprint density at radius 1 is 1.38 bits per heavy atom. The van der Waals surface area contributed by atoms with Gasteiger partial charge in [0.05, 0.1) is 5.56 Å². The highest BCUT2D eigenvalue weighted by Crippen LogP contribution is 2.37. The predicted octanol–water partition coefficient (Wildman–Crippen LogP) is 2.88. The lowest BCUT2D eigenvalue weighted by atomic mass is 10.2. The fourth-order valence-electron chi connectivity index (χ4n) is 1.50. The first-order chi connectivity index (χ1) is 9.70. The van der Waals surface area contributed by atoms with Gasteiger partial charge in [-0.3, -0.25) is 9.48 Å². The Kier molecular flexibility index (Phi) is 3.86. The summed E-state index contributed by atoms with van der Waals surface area (Å²) >= 11 is 5.58. The second kappa shape index (κ2) is 5.32. The highest BCUT2D eigenvalue weighted by Gasteiger charge is 2.38. The standard InChI is InChI=1S/C11H7ClF4N4O/c1-20-9(7(12)8(19-20)11(14,15)16)18-10(21)5-2-3-6(13)17-4-5/h2-4H,1H3,(H,18,21). The number of nitrogens with one attached hydrogen (secondary N) is 1. The molecule has 2 heterocycles. The molecule has 0 unspecified atom stereocenters. The van der Waals surface area contributed by atoms with Crippen LogP contribution in [-0.4, -0.2) is 20.7 Å². The molecule has 10 heteroatoms. The van der Waals surface area contributed by atoms with E-state index in [0.29, 0.717) is 0 Å². The van der Waals surface area contributed by atoms with Crippen LogP contribution >= 0.6 is 11.6 Å². The molecule has 2 aromatic rings. The molecule has 1 amide bonds. The van der Waals surface area contributed by atoms with Gasteiger partial charge in [0, 0.05) is 13.2 Å². The molecule has 5 nitrogen and oxygen atoms in total. The minimum Gasteiger partial charge on any atom is -0.305 e. The Morgan fingerprint density at radius 2 is 2.05 bits per heavy atom. The van der Waals surface area contributed by atoms with Crippen LogP contribution in [0.25, 0.3) is 0 Å². The number of pyridine rings is 1. The van der Waals surface area contributed by atoms with Crippen LogP contribution in [0.3, 0.4) is 0 Å². The lowest BCUT2D eigenvalue weighted by Crippen LogP contribution is -2.15. The van der Waals surface area contributed by atoms with Gasteiger partial charge < -0.3 is 5.32 Å². The summed E-state index contributed by atoms with van der Waals surface area (Å²) in [5.74, 6) is -1.90. The quantitative estimate of drug-likeness (QED) is 0.683. The lowest BCUT2D eigenvalue weighted by molar-refractivity contribution is -0.141. The first-order valence-electron chi connectivity index (χ1n) is 5.42. The molecule has 0 spiro atoms. The van der Waals surface area contributed by atoms with Crippen molar-refractivity contribution in [3.63, 3.8) is 0 Å². The summed E-state index contributed by atoms with van der Waals surface area (Å²) in [7, 11) is 1.19. The van der Waals surface area contributed by atoms with E-state index in [1.807, 2.05) is 0 Å². The minimum atomic E-state index is -4.74. The topological polar surface area (TPSA) is 59.8 Å². The molecule has 0 aliphatic heterocycles. The zero-order valence-corrected chi connectivity index (χ0v) is 11.1. The van der Waals surface area contributed by atoms with E-state index in [2.05, 4.69) is 15.4 Å². The van der Waals surface area contributed by atoms with E-state index < -0.39 is 28.7 Å². The molecule has 0 saturated carbocycles. The van der Waals surface area contributed by atoms with E-state index in [1.165, 1.54) is 7.05 Å². The number of aromatic nitrogens is 3. The Labute approximate surface area is 120 Å². The van der Waals surface area contributed by atoms with E-state index in [-0.39, 0.29) is 11.4 Å². The fourth-order valence-corrected chi connectivity index (χ4v) is 1.82. The number of anilines is 1. The van der Waals surface area contributed by atoms with Crippen molar-refractivity contribution < 1.29 is 22.4 Å². The first kappa shape index (κ1) is 15.2. The summed E-state index contributed by atoms with van der Waals surface area (Å²) < 4.78 is 51.3. The van der Waals surface area contributed by atoms with Gasteiger partial charge in [0.1, 0.15) is 5.02 Å². The van der Waals surface area contributed by atoms with Gasteiger partial charge in [0.15, 0.2) is 11.5 Å². The maximum Gasteiger partial charge on any atom is 0.436 e.